The molecule has 0 saturated heterocycles. The Kier molecular flexibility index (Phi) is 15.1. The fourth-order valence-corrected chi connectivity index (χ4v) is 7.65. The van der Waals surface area contributed by atoms with E-state index in [4.69, 9.17) is 9.47 Å². The molecule has 0 heterocycles. The van der Waals surface area contributed by atoms with Gasteiger partial charge in [0.25, 0.3) is 20.0 Å². The number of rotatable bonds is 19. The van der Waals surface area contributed by atoms with Crippen LogP contribution in [0, 0.1) is 0 Å². The number of ether oxygens (including phenoxy) is 2. The van der Waals surface area contributed by atoms with E-state index in [1.165, 1.54) is 60.7 Å². The molecule has 56 heavy (non-hydrogen) atoms. The molecule has 4 rings (SSSR count). The van der Waals surface area contributed by atoms with Crippen molar-refractivity contribution in [2.75, 3.05) is 34.3 Å². The van der Waals surface area contributed by atoms with Crippen LogP contribution in [-0.2, 0) is 52.0 Å². The topological polar surface area (TPSA) is 203 Å². The van der Waals surface area contributed by atoms with E-state index in [1.54, 1.807) is 24.3 Å². The minimum Gasteiger partial charge on any atom is -0.465 e. The summed E-state index contributed by atoms with van der Waals surface area (Å²) in [6.07, 6.45) is 5.03. The molecule has 298 valence electrons. The van der Waals surface area contributed by atoms with Gasteiger partial charge < -0.3 is 20.1 Å². The summed E-state index contributed by atoms with van der Waals surface area (Å²) >= 11 is 0. The highest BCUT2D eigenvalue weighted by atomic mass is 32.2. The zero-order valence-electron chi connectivity index (χ0n) is 31.6. The third kappa shape index (κ3) is 11.9. The summed E-state index contributed by atoms with van der Waals surface area (Å²) in [5.74, 6) is -2.89. The van der Waals surface area contributed by atoms with E-state index in [0.29, 0.717) is 0 Å². The number of amides is 2. The molecule has 0 aliphatic rings. The number of anilines is 4. The fraction of sp³-hybridized carbons (Fsp3) is 0.300. The Morgan fingerprint density at radius 2 is 0.893 bits per heavy atom. The Bertz CT molecular complexity index is 2100. The van der Waals surface area contributed by atoms with Gasteiger partial charge in [0.1, 0.15) is 0 Å². The number of sulfonamides is 2. The number of carbonyl (C=O) groups excluding carboxylic acids is 4. The van der Waals surface area contributed by atoms with Crippen molar-refractivity contribution in [2.45, 2.75) is 75.0 Å². The molecule has 0 fully saturated rings. The molecule has 0 radical (unpaired) electrons. The first-order valence-electron chi connectivity index (χ1n) is 18.0. The molecule has 4 N–H and O–H groups in total. The largest absolute Gasteiger partial charge is 0.465 e. The van der Waals surface area contributed by atoms with Crippen molar-refractivity contribution in [3.63, 3.8) is 0 Å². The Balaban J connectivity index is 1.39. The number of nitrogens with one attached hydrogen (secondary N) is 4. The van der Waals surface area contributed by atoms with E-state index in [9.17, 15) is 36.0 Å². The zero-order chi connectivity index (χ0) is 40.9. The van der Waals surface area contributed by atoms with E-state index in [-0.39, 0.29) is 56.5 Å². The van der Waals surface area contributed by atoms with Crippen LogP contribution in [-0.4, -0.2) is 54.8 Å². The first kappa shape index (κ1) is 43.0. The van der Waals surface area contributed by atoms with Crippen LogP contribution in [0.4, 0.5) is 22.7 Å². The predicted octanol–water partition coefficient (Wildman–Crippen LogP) is 6.90. The second kappa shape index (κ2) is 19.7. The summed E-state index contributed by atoms with van der Waals surface area (Å²) in [6.45, 7) is 4.14. The average Bonchev–Trinajstić information content (AvgIpc) is 3.19. The van der Waals surface area contributed by atoms with Crippen molar-refractivity contribution in [1.29, 1.82) is 0 Å². The van der Waals surface area contributed by atoms with Crippen LogP contribution in [0.3, 0.4) is 0 Å². The molecule has 14 nitrogen and oxygen atoms in total. The Morgan fingerprint density at radius 1 is 0.536 bits per heavy atom. The maximum Gasteiger partial charge on any atom is 0.340 e. The third-order valence-electron chi connectivity index (χ3n) is 8.59. The average molecular weight is 807 g/mol. The van der Waals surface area contributed by atoms with Gasteiger partial charge in [-0.15, -0.1) is 0 Å². The minimum atomic E-state index is -4.08. The van der Waals surface area contributed by atoms with Gasteiger partial charge in [-0.1, -0.05) is 51.0 Å². The van der Waals surface area contributed by atoms with Crippen molar-refractivity contribution in [2.24, 2.45) is 0 Å². The van der Waals surface area contributed by atoms with Gasteiger partial charge in [0.15, 0.2) is 0 Å². The number of hydrogen-bond acceptors (Lipinski definition) is 10. The van der Waals surface area contributed by atoms with Crippen LogP contribution in [0.2, 0.25) is 0 Å². The van der Waals surface area contributed by atoms with Crippen molar-refractivity contribution in [1.82, 2.24) is 0 Å². The SMILES string of the molecule is CCCCc1ccc(S(=O)(=O)Nc2ccc(NC(=O)CCC(=O)Nc3ccc(NS(=O)(=O)c4ccc(CCCC)cc4)c(C(=O)OC)c3)cc2C(=O)OC)cc1. The number of aryl methyl sites for hydroxylation is 2. The first-order valence-corrected chi connectivity index (χ1v) is 20.9. The highest BCUT2D eigenvalue weighted by molar-refractivity contribution is 7.93. The highest BCUT2D eigenvalue weighted by Gasteiger charge is 2.22. The molecule has 0 spiro atoms. The molecular formula is C40H46N4O10S2. The van der Waals surface area contributed by atoms with Gasteiger partial charge in [-0.3, -0.25) is 19.0 Å². The quantitative estimate of drug-likeness (QED) is 0.0722. The first-order chi connectivity index (χ1) is 26.7. The maximum absolute atomic E-state index is 13.1. The molecule has 16 heteroatoms. The number of unbranched alkanes of at least 4 members (excludes halogenated alkanes) is 2. The summed E-state index contributed by atoms with van der Waals surface area (Å²) in [5, 5.41) is 5.16. The fourth-order valence-electron chi connectivity index (χ4n) is 5.49. The van der Waals surface area contributed by atoms with Crippen molar-refractivity contribution >= 4 is 66.5 Å². The lowest BCUT2D eigenvalue weighted by Gasteiger charge is -2.14. The van der Waals surface area contributed by atoms with E-state index in [0.717, 1.165) is 63.9 Å². The van der Waals surface area contributed by atoms with E-state index in [2.05, 4.69) is 33.9 Å². The van der Waals surface area contributed by atoms with E-state index < -0.39 is 43.8 Å². The summed E-state index contributed by atoms with van der Waals surface area (Å²) in [4.78, 5) is 50.9. The number of esters is 2. The van der Waals surface area contributed by atoms with Crippen molar-refractivity contribution < 1.29 is 45.5 Å². The van der Waals surface area contributed by atoms with Crippen LogP contribution in [0.25, 0.3) is 0 Å². The molecule has 0 aliphatic carbocycles. The van der Waals surface area contributed by atoms with Gasteiger partial charge in [-0.2, -0.15) is 0 Å². The van der Waals surface area contributed by atoms with Crippen LogP contribution >= 0.6 is 0 Å². The maximum atomic E-state index is 13.1. The normalized spacial score (nSPS) is 11.3. The molecule has 0 aromatic heterocycles. The molecule has 0 saturated carbocycles. The number of benzene rings is 4. The van der Waals surface area contributed by atoms with Gasteiger partial charge in [-0.05, 0) is 97.5 Å². The lowest BCUT2D eigenvalue weighted by molar-refractivity contribution is -0.121. The lowest BCUT2D eigenvalue weighted by Crippen LogP contribution is -2.19. The number of methoxy groups -OCH3 is 2. The molecule has 0 bridgehead atoms. The van der Waals surface area contributed by atoms with Crippen molar-refractivity contribution in [3.05, 3.63) is 107 Å². The molecule has 4 aromatic rings. The van der Waals surface area contributed by atoms with Crippen LogP contribution < -0.4 is 20.1 Å². The molecule has 0 aliphatic heterocycles. The second-order valence-corrected chi connectivity index (χ2v) is 16.2. The van der Waals surface area contributed by atoms with Crippen molar-refractivity contribution in [3.8, 4) is 0 Å². The Morgan fingerprint density at radius 3 is 1.21 bits per heavy atom. The van der Waals surface area contributed by atoms with Crippen LogP contribution in [0.1, 0.15) is 84.2 Å². The molecule has 0 atom stereocenters. The van der Waals surface area contributed by atoms with Gasteiger partial charge in [0.2, 0.25) is 11.8 Å². The Labute approximate surface area is 327 Å². The van der Waals surface area contributed by atoms with Crippen LogP contribution in [0.5, 0.6) is 0 Å². The molecule has 0 unspecified atom stereocenters. The summed E-state index contributed by atoms with van der Waals surface area (Å²) in [6, 6.07) is 20.8. The highest BCUT2D eigenvalue weighted by Crippen LogP contribution is 2.27. The summed E-state index contributed by atoms with van der Waals surface area (Å²) < 4.78 is 67.1. The molecule has 4 aromatic carbocycles. The Hall–Kier alpha value is -5.74. The number of carbonyl (C=O) groups is 4. The van der Waals surface area contributed by atoms with Gasteiger partial charge in [-0.25, -0.2) is 26.4 Å². The molecule has 2 amide bonds. The minimum absolute atomic E-state index is 0.00501. The predicted molar refractivity (Wildman–Crippen MR) is 214 cm³/mol. The van der Waals surface area contributed by atoms with Gasteiger partial charge in [0, 0.05) is 24.2 Å². The van der Waals surface area contributed by atoms with E-state index in [1.807, 2.05) is 0 Å². The second-order valence-electron chi connectivity index (χ2n) is 12.8. The van der Waals surface area contributed by atoms with E-state index >= 15 is 0 Å². The lowest BCUT2D eigenvalue weighted by atomic mass is 10.1. The van der Waals surface area contributed by atoms with Crippen LogP contribution in [0.15, 0.2) is 94.7 Å². The van der Waals surface area contributed by atoms with Gasteiger partial charge in [0.05, 0.1) is 46.5 Å². The monoisotopic (exact) mass is 806 g/mol. The molecular weight excluding hydrogens is 761 g/mol. The standard InChI is InChI=1S/C40H46N4O10S2/c1-5-7-9-27-11-17-31(18-12-27)55(49,50)43-35-21-15-29(25-33(35)39(47)53-3)41-37(45)23-24-38(46)42-30-16-22-36(34(26-30)40(48)54-4)44-56(51,52)32-19-13-28(14-20-32)10-8-6-2/h11-22,25-26,43-44H,5-10,23-24H2,1-4H3,(H,41,45)(H,42,46). The number of hydrogen-bond donors (Lipinski definition) is 4. The van der Waals surface area contributed by atoms with Gasteiger partial charge >= 0.3 is 11.9 Å². The smallest absolute Gasteiger partial charge is 0.340 e. The summed E-state index contributed by atoms with van der Waals surface area (Å²) in [7, 11) is -5.89. The summed E-state index contributed by atoms with van der Waals surface area (Å²) in [5.41, 5.74) is 1.86. The third-order valence-corrected chi connectivity index (χ3v) is 11.4. The zero-order valence-corrected chi connectivity index (χ0v) is 33.3.